The van der Waals surface area contributed by atoms with Crippen LogP contribution in [0.25, 0.3) is 0 Å². The minimum absolute atomic E-state index is 0.0463. The van der Waals surface area contributed by atoms with Crippen LogP contribution in [0.5, 0.6) is 5.75 Å². The second-order valence-corrected chi connectivity index (χ2v) is 7.74. The minimum atomic E-state index is -0.174. The third kappa shape index (κ3) is 7.88. The van der Waals surface area contributed by atoms with Gasteiger partial charge < -0.3 is 14.8 Å². The SMILES string of the molecule is O=C(COc1ccc(/C=N\NC(=O)CSc2ccccc2)cc1)NC[C@H]1CCCO1. The first-order valence-corrected chi connectivity index (χ1v) is 10.8. The molecule has 0 aliphatic carbocycles. The van der Waals surface area contributed by atoms with Crippen LogP contribution in [0.1, 0.15) is 18.4 Å². The average Bonchev–Trinajstić information content (AvgIpc) is 3.30. The van der Waals surface area contributed by atoms with Crippen LogP contribution in [-0.2, 0) is 14.3 Å². The molecule has 0 radical (unpaired) electrons. The summed E-state index contributed by atoms with van der Waals surface area (Å²) in [6.45, 7) is 1.24. The summed E-state index contributed by atoms with van der Waals surface area (Å²) in [5.74, 6) is 0.535. The van der Waals surface area contributed by atoms with Crippen LogP contribution in [0.2, 0.25) is 0 Å². The van der Waals surface area contributed by atoms with Crippen LogP contribution in [-0.4, -0.2) is 49.6 Å². The molecular formula is C22H25N3O4S. The smallest absolute Gasteiger partial charge is 0.258 e. The predicted molar refractivity (Wildman–Crippen MR) is 117 cm³/mol. The van der Waals surface area contributed by atoms with Crippen molar-refractivity contribution in [2.75, 3.05) is 25.5 Å². The summed E-state index contributed by atoms with van der Waals surface area (Å²) < 4.78 is 10.9. The number of carbonyl (C=O) groups excluding carboxylic acids is 2. The highest BCUT2D eigenvalue weighted by Gasteiger charge is 2.16. The number of hydrogen-bond acceptors (Lipinski definition) is 6. The first-order chi connectivity index (χ1) is 14.7. The van der Waals surface area contributed by atoms with E-state index in [-0.39, 0.29) is 24.5 Å². The number of ether oxygens (including phenoxy) is 2. The van der Waals surface area contributed by atoms with Gasteiger partial charge in [-0.3, -0.25) is 9.59 Å². The Kier molecular flexibility index (Phi) is 8.74. The van der Waals surface area contributed by atoms with E-state index in [4.69, 9.17) is 9.47 Å². The summed E-state index contributed by atoms with van der Waals surface area (Å²) in [6, 6.07) is 16.8. The molecule has 2 aromatic carbocycles. The van der Waals surface area contributed by atoms with E-state index in [1.165, 1.54) is 11.8 Å². The Morgan fingerprint density at radius 1 is 1.13 bits per heavy atom. The molecule has 158 valence electrons. The Morgan fingerprint density at radius 3 is 2.67 bits per heavy atom. The molecule has 7 nitrogen and oxygen atoms in total. The first-order valence-electron chi connectivity index (χ1n) is 9.80. The lowest BCUT2D eigenvalue weighted by molar-refractivity contribution is -0.123. The number of hydrazone groups is 1. The maximum atomic E-state index is 11.8. The van der Waals surface area contributed by atoms with Crippen molar-refractivity contribution >= 4 is 29.8 Å². The number of nitrogens with zero attached hydrogens (tertiary/aromatic N) is 1. The van der Waals surface area contributed by atoms with Gasteiger partial charge in [0.25, 0.3) is 5.91 Å². The number of nitrogens with one attached hydrogen (secondary N) is 2. The van der Waals surface area contributed by atoms with Crippen LogP contribution >= 0.6 is 11.8 Å². The van der Waals surface area contributed by atoms with Crippen molar-refractivity contribution in [3.63, 3.8) is 0 Å². The van der Waals surface area contributed by atoms with Gasteiger partial charge in [0, 0.05) is 18.0 Å². The van der Waals surface area contributed by atoms with Gasteiger partial charge in [0.2, 0.25) is 5.91 Å². The van der Waals surface area contributed by atoms with Crippen molar-refractivity contribution in [3.8, 4) is 5.75 Å². The van der Waals surface area contributed by atoms with Gasteiger partial charge in [-0.2, -0.15) is 5.10 Å². The largest absolute Gasteiger partial charge is 0.484 e. The highest BCUT2D eigenvalue weighted by molar-refractivity contribution is 8.00. The fourth-order valence-corrected chi connectivity index (χ4v) is 3.47. The average molecular weight is 428 g/mol. The number of carbonyl (C=O) groups is 2. The van der Waals surface area contributed by atoms with Crippen LogP contribution in [0.3, 0.4) is 0 Å². The second kappa shape index (κ2) is 12.0. The highest BCUT2D eigenvalue weighted by atomic mass is 32.2. The van der Waals surface area contributed by atoms with Crippen molar-refractivity contribution in [3.05, 3.63) is 60.2 Å². The first kappa shape index (κ1) is 21.9. The molecule has 0 aromatic heterocycles. The summed E-state index contributed by atoms with van der Waals surface area (Å²) in [5.41, 5.74) is 3.32. The van der Waals surface area contributed by atoms with E-state index in [0.29, 0.717) is 18.0 Å². The Hall–Kier alpha value is -2.84. The zero-order valence-electron chi connectivity index (χ0n) is 16.6. The van der Waals surface area contributed by atoms with Gasteiger partial charge >= 0.3 is 0 Å². The molecule has 0 saturated carbocycles. The van der Waals surface area contributed by atoms with Crippen molar-refractivity contribution in [2.24, 2.45) is 5.10 Å². The molecule has 1 saturated heterocycles. The lowest BCUT2D eigenvalue weighted by atomic mass is 10.2. The maximum Gasteiger partial charge on any atom is 0.258 e. The topological polar surface area (TPSA) is 89.0 Å². The molecule has 0 bridgehead atoms. The van der Waals surface area contributed by atoms with Crippen LogP contribution in [0.4, 0.5) is 0 Å². The molecule has 1 aliphatic rings. The Labute approximate surface area is 180 Å². The molecule has 2 N–H and O–H groups in total. The normalized spacial score (nSPS) is 15.8. The van der Waals surface area contributed by atoms with Gasteiger partial charge in [0.15, 0.2) is 6.61 Å². The number of amides is 2. The van der Waals surface area contributed by atoms with E-state index in [2.05, 4.69) is 15.8 Å². The third-order valence-corrected chi connectivity index (χ3v) is 5.33. The van der Waals surface area contributed by atoms with E-state index >= 15 is 0 Å². The van der Waals surface area contributed by atoms with E-state index in [0.717, 1.165) is 29.9 Å². The molecule has 2 aromatic rings. The van der Waals surface area contributed by atoms with Gasteiger partial charge in [0.05, 0.1) is 18.1 Å². The lowest BCUT2D eigenvalue weighted by Gasteiger charge is -2.11. The standard InChI is InChI=1S/C22H25N3O4S/c26-21(23-14-19-5-4-12-28-19)15-29-18-10-8-17(9-11-18)13-24-25-22(27)16-30-20-6-2-1-3-7-20/h1-3,6-11,13,19H,4-5,12,14-16H2,(H,23,26)(H,25,27)/b24-13-/t19-/m1/s1. The molecule has 8 heteroatoms. The molecule has 1 aliphatic heterocycles. The van der Waals surface area contributed by atoms with E-state index in [1.54, 1.807) is 30.5 Å². The molecule has 30 heavy (non-hydrogen) atoms. The summed E-state index contributed by atoms with van der Waals surface area (Å²) >= 11 is 1.45. The highest BCUT2D eigenvalue weighted by Crippen LogP contribution is 2.16. The van der Waals surface area contributed by atoms with Gasteiger partial charge in [-0.1, -0.05) is 18.2 Å². The fraction of sp³-hybridized carbons (Fsp3) is 0.318. The molecule has 0 spiro atoms. The minimum Gasteiger partial charge on any atom is -0.484 e. The molecule has 1 heterocycles. The zero-order chi connectivity index (χ0) is 21.0. The van der Waals surface area contributed by atoms with Crippen LogP contribution in [0.15, 0.2) is 64.6 Å². The summed E-state index contributed by atoms with van der Waals surface area (Å²) in [7, 11) is 0. The predicted octanol–water partition coefficient (Wildman–Crippen LogP) is 2.60. The second-order valence-electron chi connectivity index (χ2n) is 6.69. The summed E-state index contributed by atoms with van der Waals surface area (Å²) in [4.78, 5) is 24.7. The van der Waals surface area contributed by atoms with Gasteiger partial charge in [-0.05, 0) is 54.8 Å². The van der Waals surface area contributed by atoms with Crippen molar-refractivity contribution in [2.45, 2.75) is 23.8 Å². The van der Waals surface area contributed by atoms with Crippen molar-refractivity contribution in [1.82, 2.24) is 10.7 Å². The van der Waals surface area contributed by atoms with Crippen molar-refractivity contribution in [1.29, 1.82) is 0 Å². The summed E-state index contributed by atoms with van der Waals surface area (Å²) in [5, 5.41) is 6.78. The summed E-state index contributed by atoms with van der Waals surface area (Å²) in [6.07, 6.45) is 3.70. The number of thioether (sulfide) groups is 1. The monoisotopic (exact) mass is 427 g/mol. The van der Waals surface area contributed by atoms with E-state index < -0.39 is 0 Å². The van der Waals surface area contributed by atoms with Gasteiger partial charge in [0.1, 0.15) is 5.75 Å². The van der Waals surface area contributed by atoms with E-state index in [1.807, 2.05) is 30.3 Å². The number of benzene rings is 2. The molecule has 0 unspecified atom stereocenters. The third-order valence-electron chi connectivity index (χ3n) is 4.32. The van der Waals surface area contributed by atoms with Gasteiger partial charge in [-0.15, -0.1) is 11.8 Å². The molecule has 3 rings (SSSR count). The molecule has 1 atom stereocenters. The Balaban J connectivity index is 1.33. The quantitative estimate of drug-likeness (QED) is 0.346. The number of rotatable bonds is 10. The Morgan fingerprint density at radius 2 is 1.93 bits per heavy atom. The van der Waals surface area contributed by atoms with Crippen LogP contribution < -0.4 is 15.5 Å². The fourth-order valence-electron chi connectivity index (χ4n) is 2.76. The van der Waals surface area contributed by atoms with Gasteiger partial charge in [-0.25, -0.2) is 5.43 Å². The maximum absolute atomic E-state index is 11.8. The molecule has 2 amide bonds. The van der Waals surface area contributed by atoms with Crippen LogP contribution in [0, 0.1) is 0 Å². The molecule has 1 fully saturated rings. The number of hydrogen-bond donors (Lipinski definition) is 2. The lowest BCUT2D eigenvalue weighted by Crippen LogP contribution is -2.35. The molecular weight excluding hydrogens is 402 g/mol. The van der Waals surface area contributed by atoms with E-state index in [9.17, 15) is 9.59 Å². The zero-order valence-corrected chi connectivity index (χ0v) is 17.4. The van der Waals surface area contributed by atoms with Crippen molar-refractivity contribution < 1.29 is 19.1 Å². The Bertz CT molecular complexity index is 837.